The number of hydrogen-bond acceptors (Lipinski definition) is 6. The van der Waals surface area contributed by atoms with Gasteiger partial charge in [0, 0.05) is 17.9 Å². The minimum atomic E-state index is -0.592. The lowest BCUT2D eigenvalue weighted by atomic mass is 9.90. The van der Waals surface area contributed by atoms with Crippen molar-refractivity contribution in [2.75, 3.05) is 0 Å². The van der Waals surface area contributed by atoms with Crippen LogP contribution in [-0.4, -0.2) is 28.0 Å². The van der Waals surface area contributed by atoms with E-state index in [2.05, 4.69) is 18.4 Å². The molecule has 0 amide bonds. The second kappa shape index (κ2) is 12.1. The van der Waals surface area contributed by atoms with Crippen molar-refractivity contribution in [3.63, 3.8) is 0 Å². The van der Waals surface area contributed by atoms with E-state index < -0.39 is 5.60 Å². The van der Waals surface area contributed by atoms with Crippen molar-refractivity contribution < 1.29 is 14.6 Å². The van der Waals surface area contributed by atoms with Gasteiger partial charge in [0.25, 0.3) is 0 Å². The van der Waals surface area contributed by atoms with Gasteiger partial charge in [0.05, 0.1) is 29.8 Å². The summed E-state index contributed by atoms with van der Waals surface area (Å²) in [7, 11) is 0. The van der Waals surface area contributed by atoms with Crippen LogP contribution in [0, 0.1) is 10.8 Å². The summed E-state index contributed by atoms with van der Waals surface area (Å²) in [6, 6.07) is 0. The van der Waals surface area contributed by atoms with Crippen molar-refractivity contribution >= 4 is 17.1 Å². The van der Waals surface area contributed by atoms with Gasteiger partial charge in [-0.15, -0.1) is 4.91 Å². The zero-order valence-corrected chi connectivity index (χ0v) is 15.2. The van der Waals surface area contributed by atoms with E-state index >= 15 is 0 Å². The van der Waals surface area contributed by atoms with Crippen LogP contribution in [0.3, 0.4) is 0 Å². The molecular formula is C15H31NO4S. The van der Waals surface area contributed by atoms with Crippen molar-refractivity contribution in [2.45, 2.75) is 85.5 Å². The van der Waals surface area contributed by atoms with Crippen LogP contribution >= 0.6 is 11.9 Å². The summed E-state index contributed by atoms with van der Waals surface area (Å²) in [5, 5.41) is 9.37. The van der Waals surface area contributed by atoms with Crippen LogP contribution in [-0.2, 0) is 9.53 Å². The van der Waals surface area contributed by atoms with Gasteiger partial charge < -0.3 is 9.84 Å². The van der Waals surface area contributed by atoms with Crippen LogP contribution < -0.4 is 0 Å². The van der Waals surface area contributed by atoms with E-state index in [1.807, 2.05) is 27.7 Å². The molecule has 1 rings (SSSR count). The molecule has 21 heavy (non-hydrogen) atoms. The monoisotopic (exact) mass is 321 g/mol. The fourth-order valence-corrected chi connectivity index (χ4v) is 2.05. The Morgan fingerprint density at radius 1 is 1.33 bits per heavy atom. The molecule has 6 heteroatoms. The highest BCUT2D eigenvalue weighted by Crippen LogP contribution is 2.28. The van der Waals surface area contributed by atoms with Crippen molar-refractivity contribution in [3.05, 3.63) is 4.91 Å². The van der Waals surface area contributed by atoms with Crippen molar-refractivity contribution in [2.24, 2.45) is 10.5 Å². The Morgan fingerprint density at radius 2 is 1.86 bits per heavy atom. The van der Waals surface area contributed by atoms with Gasteiger partial charge >= 0.3 is 0 Å². The summed E-state index contributed by atoms with van der Waals surface area (Å²) in [6.45, 7) is 13.3. The molecule has 1 fully saturated rings. The van der Waals surface area contributed by atoms with Crippen molar-refractivity contribution in [3.8, 4) is 0 Å². The topological polar surface area (TPSA) is 76.0 Å². The van der Waals surface area contributed by atoms with Crippen molar-refractivity contribution in [1.29, 1.82) is 0 Å². The average molecular weight is 321 g/mol. The van der Waals surface area contributed by atoms with Gasteiger partial charge in [0.2, 0.25) is 5.12 Å². The highest BCUT2D eigenvalue weighted by Gasteiger charge is 2.28. The molecule has 0 aromatic rings. The molecule has 1 aliphatic rings. The molecule has 1 heterocycles. The minimum absolute atomic E-state index is 0.256. The SMILES string of the molecule is CC.CC(=O)SN=O.CC1CCC(CC(C)(C)O)OC1C. The fourth-order valence-electron chi connectivity index (χ4n) is 1.95. The number of hydrogen-bond donors (Lipinski definition) is 1. The third-order valence-electron chi connectivity index (χ3n) is 3.05. The number of nitrogens with zero attached hydrogens (tertiary/aromatic N) is 1. The van der Waals surface area contributed by atoms with E-state index in [1.165, 1.54) is 13.3 Å². The first-order valence-electron chi connectivity index (χ1n) is 7.53. The molecule has 5 nitrogen and oxygen atoms in total. The molecule has 3 atom stereocenters. The summed E-state index contributed by atoms with van der Waals surface area (Å²) < 4.78 is 8.07. The first-order valence-corrected chi connectivity index (χ1v) is 8.31. The number of nitroso groups, excluding NO2 is 1. The number of rotatable bonds is 3. The van der Waals surface area contributed by atoms with E-state index in [1.54, 1.807) is 0 Å². The lowest BCUT2D eigenvalue weighted by Gasteiger charge is -2.35. The predicted molar refractivity (Wildman–Crippen MR) is 89.1 cm³/mol. The second-order valence-corrected chi connectivity index (χ2v) is 6.60. The number of aliphatic hydroxyl groups is 1. The Balaban J connectivity index is 0. The normalized spacial score (nSPS) is 24.9. The summed E-state index contributed by atoms with van der Waals surface area (Å²) in [4.78, 5) is 18.8. The van der Waals surface area contributed by atoms with E-state index in [9.17, 15) is 9.90 Å². The predicted octanol–water partition coefficient (Wildman–Crippen LogP) is 4.32. The molecule has 0 aromatic heterocycles. The number of carbonyl (C=O) groups is 1. The summed E-state index contributed by atoms with van der Waals surface area (Å²) in [5.41, 5.74) is -0.592. The van der Waals surface area contributed by atoms with Crippen molar-refractivity contribution in [1.82, 2.24) is 0 Å². The molecule has 0 saturated carbocycles. The Labute approximate surface area is 133 Å². The lowest BCUT2D eigenvalue weighted by Crippen LogP contribution is -2.36. The lowest BCUT2D eigenvalue weighted by molar-refractivity contribution is -0.109. The molecule has 0 aliphatic carbocycles. The highest BCUT2D eigenvalue weighted by atomic mass is 32.2. The molecule has 3 unspecified atom stereocenters. The first kappa shape index (κ1) is 22.8. The molecule has 1 aliphatic heterocycles. The Morgan fingerprint density at radius 3 is 2.14 bits per heavy atom. The van der Waals surface area contributed by atoms with E-state index in [0.717, 1.165) is 12.8 Å². The van der Waals surface area contributed by atoms with Gasteiger partial charge in [-0.1, -0.05) is 20.8 Å². The number of carbonyl (C=O) groups excluding carboxylic acids is 1. The Kier molecular flexibility index (Phi) is 13.2. The maximum Gasteiger partial charge on any atom is 0.211 e. The highest BCUT2D eigenvalue weighted by molar-refractivity contribution is 8.12. The fraction of sp³-hybridized carbons (Fsp3) is 0.933. The first-order chi connectivity index (χ1) is 9.65. The van der Waals surface area contributed by atoms with E-state index in [-0.39, 0.29) is 11.2 Å². The quantitative estimate of drug-likeness (QED) is 0.618. The molecule has 0 radical (unpaired) electrons. The Bertz CT molecular complexity index is 292. The van der Waals surface area contributed by atoms with Gasteiger partial charge in [-0.25, -0.2) is 0 Å². The standard InChI is InChI=1S/C11H22O2.C2H3NO2S.C2H6/c1-8-5-6-10(13-9(8)2)7-11(3,4)12;1-2(4)6-3-5;1-2/h8-10,12H,5-7H2,1-4H3;1H3;1-2H3. The molecule has 0 spiro atoms. The third kappa shape index (κ3) is 14.2. The smallest absolute Gasteiger partial charge is 0.211 e. The van der Waals surface area contributed by atoms with Crippen LogP contribution in [0.2, 0.25) is 0 Å². The van der Waals surface area contributed by atoms with Crippen LogP contribution in [0.4, 0.5) is 0 Å². The maximum atomic E-state index is 9.71. The molecule has 1 saturated heterocycles. The van der Waals surface area contributed by atoms with Crippen LogP contribution in [0.5, 0.6) is 0 Å². The van der Waals surface area contributed by atoms with Gasteiger partial charge in [-0.3, -0.25) is 4.79 Å². The zero-order chi connectivity index (χ0) is 17.1. The van der Waals surface area contributed by atoms with Crippen LogP contribution in [0.1, 0.15) is 67.7 Å². The van der Waals surface area contributed by atoms with Crippen LogP contribution in [0.25, 0.3) is 0 Å². The molecule has 1 N–H and O–H groups in total. The second-order valence-electron chi connectivity index (χ2n) is 5.69. The zero-order valence-electron chi connectivity index (χ0n) is 14.4. The Hall–Kier alpha value is -0.460. The minimum Gasteiger partial charge on any atom is -0.390 e. The molecule has 0 bridgehead atoms. The molecule has 126 valence electrons. The third-order valence-corrected chi connectivity index (χ3v) is 3.38. The van der Waals surface area contributed by atoms with E-state index in [0.29, 0.717) is 24.0 Å². The largest absolute Gasteiger partial charge is 0.390 e. The van der Waals surface area contributed by atoms with Gasteiger partial charge in [-0.2, -0.15) is 0 Å². The average Bonchev–Trinajstić information content (AvgIpc) is 2.35. The maximum absolute atomic E-state index is 9.71. The van der Waals surface area contributed by atoms with Gasteiger partial charge in [0.15, 0.2) is 0 Å². The summed E-state index contributed by atoms with van der Waals surface area (Å²) >= 11 is 0.417. The number of ether oxygens (including phenoxy) is 1. The van der Waals surface area contributed by atoms with E-state index in [4.69, 9.17) is 9.64 Å². The molecular weight excluding hydrogens is 290 g/mol. The van der Waals surface area contributed by atoms with Gasteiger partial charge in [-0.05, 0) is 39.5 Å². The van der Waals surface area contributed by atoms with Crippen LogP contribution in [0.15, 0.2) is 4.58 Å². The summed E-state index contributed by atoms with van der Waals surface area (Å²) in [6.07, 6.45) is 3.67. The van der Waals surface area contributed by atoms with Gasteiger partial charge in [0.1, 0.15) is 0 Å². The summed E-state index contributed by atoms with van der Waals surface area (Å²) in [5.74, 6) is 0.665. The molecule has 0 aromatic carbocycles.